The summed E-state index contributed by atoms with van der Waals surface area (Å²) in [5.41, 5.74) is 1.77. The summed E-state index contributed by atoms with van der Waals surface area (Å²) in [5, 5.41) is 0. The molecule has 2 fully saturated rings. The summed E-state index contributed by atoms with van der Waals surface area (Å²) in [5.74, 6) is -1.54. The van der Waals surface area contributed by atoms with Gasteiger partial charge in [-0.3, -0.25) is 0 Å². The van der Waals surface area contributed by atoms with Crippen LogP contribution in [-0.4, -0.2) is 0 Å². The summed E-state index contributed by atoms with van der Waals surface area (Å²) >= 11 is 0. The van der Waals surface area contributed by atoms with E-state index in [1.807, 2.05) is 0 Å². The van der Waals surface area contributed by atoms with Crippen LogP contribution in [0.2, 0.25) is 0 Å². The van der Waals surface area contributed by atoms with Gasteiger partial charge in [-0.15, -0.1) is 0 Å². The van der Waals surface area contributed by atoms with Gasteiger partial charge in [0, 0.05) is 5.56 Å². The van der Waals surface area contributed by atoms with E-state index >= 15 is 0 Å². The fourth-order valence-corrected chi connectivity index (χ4v) is 4.96. The smallest absolute Gasteiger partial charge is 0.166 e. The van der Waals surface area contributed by atoms with Crippen molar-refractivity contribution < 1.29 is 13.2 Å². The Balaban J connectivity index is 1.63. The highest BCUT2D eigenvalue weighted by Crippen LogP contribution is 2.38. The lowest BCUT2D eigenvalue weighted by atomic mass is 9.82. The maximum Gasteiger partial charge on any atom is 0.166 e. The molecule has 0 unspecified atom stereocenters. The lowest BCUT2D eigenvalue weighted by Crippen LogP contribution is -2.09. The van der Waals surface area contributed by atoms with Crippen molar-refractivity contribution in [2.45, 2.75) is 76.0 Å². The first-order valence-electron chi connectivity index (χ1n) is 10.4. The summed E-state index contributed by atoms with van der Waals surface area (Å²) in [7, 11) is 0. The van der Waals surface area contributed by atoms with E-state index in [4.69, 9.17) is 0 Å². The molecule has 2 aromatic carbocycles. The summed E-state index contributed by atoms with van der Waals surface area (Å²) < 4.78 is 44.2. The number of hydrogen-bond acceptors (Lipinski definition) is 0. The lowest BCUT2D eigenvalue weighted by molar-refractivity contribution is 0.418. The van der Waals surface area contributed by atoms with Crippen molar-refractivity contribution in [3.8, 4) is 11.1 Å². The maximum atomic E-state index is 14.8. The van der Waals surface area contributed by atoms with Gasteiger partial charge in [0.1, 0.15) is 5.82 Å². The topological polar surface area (TPSA) is 0 Å². The highest BCUT2D eigenvalue weighted by molar-refractivity contribution is 5.65. The minimum absolute atomic E-state index is 0.104. The van der Waals surface area contributed by atoms with Gasteiger partial charge >= 0.3 is 0 Å². The van der Waals surface area contributed by atoms with Gasteiger partial charge in [0.05, 0.1) is 0 Å². The van der Waals surface area contributed by atoms with Crippen LogP contribution < -0.4 is 0 Å². The molecule has 0 nitrogen and oxygen atoms in total. The van der Waals surface area contributed by atoms with E-state index in [9.17, 15) is 13.2 Å². The minimum atomic E-state index is -0.845. The number of hydrogen-bond donors (Lipinski definition) is 0. The molecule has 4 rings (SSSR count). The number of rotatable bonds is 3. The molecular formula is C24H27F3. The molecule has 2 saturated carbocycles. The van der Waals surface area contributed by atoms with Crippen LogP contribution >= 0.6 is 0 Å². The van der Waals surface area contributed by atoms with E-state index in [0.29, 0.717) is 11.1 Å². The van der Waals surface area contributed by atoms with Crippen LogP contribution in [0.5, 0.6) is 0 Å². The summed E-state index contributed by atoms with van der Waals surface area (Å²) in [6.45, 7) is 0. The van der Waals surface area contributed by atoms with Gasteiger partial charge in [-0.1, -0.05) is 62.8 Å². The molecular weight excluding hydrogens is 345 g/mol. The van der Waals surface area contributed by atoms with Crippen LogP contribution in [0.15, 0.2) is 30.3 Å². The molecule has 0 radical (unpaired) electrons. The van der Waals surface area contributed by atoms with Crippen molar-refractivity contribution in [2.75, 3.05) is 0 Å². The predicted molar refractivity (Wildman–Crippen MR) is 103 cm³/mol. The average Bonchev–Trinajstić information content (AvgIpc) is 2.71. The van der Waals surface area contributed by atoms with Gasteiger partial charge in [0.15, 0.2) is 11.6 Å². The molecule has 0 N–H and O–H groups in total. The Morgan fingerprint density at radius 2 is 1.15 bits per heavy atom. The predicted octanol–water partition coefficient (Wildman–Crippen LogP) is 7.87. The van der Waals surface area contributed by atoms with Crippen molar-refractivity contribution in [1.82, 2.24) is 0 Å². The molecule has 2 aromatic rings. The molecule has 0 spiro atoms. The number of benzene rings is 2. The Morgan fingerprint density at radius 3 is 1.74 bits per heavy atom. The van der Waals surface area contributed by atoms with E-state index in [1.165, 1.54) is 18.9 Å². The van der Waals surface area contributed by atoms with Gasteiger partial charge < -0.3 is 0 Å². The molecule has 2 aliphatic rings. The van der Waals surface area contributed by atoms with Crippen molar-refractivity contribution in [3.05, 3.63) is 58.9 Å². The van der Waals surface area contributed by atoms with Crippen LogP contribution in [0.3, 0.4) is 0 Å². The van der Waals surface area contributed by atoms with Crippen LogP contribution in [-0.2, 0) is 0 Å². The third-order valence-corrected chi connectivity index (χ3v) is 6.51. The first-order valence-corrected chi connectivity index (χ1v) is 10.4. The second-order valence-electron chi connectivity index (χ2n) is 8.24. The third-order valence-electron chi connectivity index (χ3n) is 6.51. The first kappa shape index (κ1) is 18.6. The Bertz CT molecular complexity index is 800. The van der Waals surface area contributed by atoms with Gasteiger partial charge in [0.25, 0.3) is 0 Å². The van der Waals surface area contributed by atoms with Gasteiger partial charge in [-0.25, -0.2) is 13.2 Å². The molecule has 0 saturated heterocycles. The fraction of sp³-hybridized carbons (Fsp3) is 0.500. The summed E-state index contributed by atoms with van der Waals surface area (Å²) in [6.07, 6.45) is 10.6. The molecule has 0 amide bonds. The molecule has 0 heterocycles. The van der Waals surface area contributed by atoms with Crippen molar-refractivity contribution >= 4 is 0 Å². The van der Waals surface area contributed by atoms with Gasteiger partial charge in [-0.2, -0.15) is 0 Å². The molecule has 0 atom stereocenters. The monoisotopic (exact) mass is 372 g/mol. The van der Waals surface area contributed by atoms with Crippen molar-refractivity contribution in [2.24, 2.45) is 0 Å². The Hall–Kier alpha value is -1.77. The van der Waals surface area contributed by atoms with Crippen molar-refractivity contribution in [1.29, 1.82) is 0 Å². The van der Waals surface area contributed by atoms with E-state index in [-0.39, 0.29) is 23.2 Å². The zero-order valence-electron chi connectivity index (χ0n) is 15.7. The molecule has 144 valence electrons. The molecule has 0 aliphatic heterocycles. The standard InChI is InChI=1S/C24H27F3/c25-22-15-18(11-12-19(22)16-7-3-1-4-8-16)21-14-13-20(23(26)24(21)27)17-9-5-2-6-10-17/h11-17H,1-10H2. The quantitative estimate of drug-likeness (QED) is 0.514. The minimum Gasteiger partial charge on any atom is -0.207 e. The lowest BCUT2D eigenvalue weighted by Gasteiger charge is -2.23. The van der Waals surface area contributed by atoms with Crippen LogP contribution in [0, 0.1) is 17.5 Å². The Morgan fingerprint density at radius 1 is 0.593 bits per heavy atom. The molecule has 3 heteroatoms. The normalized spacial score (nSPS) is 19.4. The van der Waals surface area contributed by atoms with Crippen LogP contribution in [0.25, 0.3) is 11.1 Å². The third kappa shape index (κ3) is 3.79. The van der Waals surface area contributed by atoms with E-state index in [2.05, 4.69) is 0 Å². The molecule has 0 bridgehead atoms. The highest BCUT2D eigenvalue weighted by Gasteiger charge is 2.24. The van der Waals surface area contributed by atoms with E-state index in [0.717, 1.165) is 56.9 Å². The Kier molecular flexibility index (Phi) is 5.56. The second kappa shape index (κ2) is 8.08. The molecule has 0 aromatic heterocycles. The Labute approximate surface area is 159 Å². The zero-order valence-corrected chi connectivity index (χ0v) is 15.7. The van der Waals surface area contributed by atoms with E-state index in [1.54, 1.807) is 24.3 Å². The molecule has 2 aliphatic carbocycles. The van der Waals surface area contributed by atoms with E-state index < -0.39 is 11.6 Å². The van der Waals surface area contributed by atoms with Gasteiger partial charge in [0.2, 0.25) is 0 Å². The molecule has 27 heavy (non-hydrogen) atoms. The fourth-order valence-electron chi connectivity index (χ4n) is 4.96. The van der Waals surface area contributed by atoms with Crippen LogP contribution in [0.1, 0.15) is 87.2 Å². The highest BCUT2D eigenvalue weighted by atomic mass is 19.2. The maximum absolute atomic E-state index is 14.8. The second-order valence-corrected chi connectivity index (χ2v) is 8.24. The van der Waals surface area contributed by atoms with Crippen LogP contribution in [0.4, 0.5) is 13.2 Å². The zero-order chi connectivity index (χ0) is 18.8. The first-order chi connectivity index (χ1) is 13.1. The summed E-state index contributed by atoms with van der Waals surface area (Å²) in [6, 6.07) is 8.22. The largest absolute Gasteiger partial charge is 0.207 e. The van der Waals surface area contributed by atoms with Crippen molar-refractivity contribution in [3.63, 3.8) is 0 Å². The number of halogens is 3. The average molecular weight is 372 g/mol. The SMILES string of the molecule is Fc1cc(-c2ccc(C3CCCCC3)c(F)c2F)ccc1C1CCCCC1. The van der Waals surface area contributed by atoms with Gasteiger partial charge in [-0.05, 0) is 60.3 Å². The summed E-state index contributed by atoms with van der Waals surface area (Å²) in [4.78, 5) is 0.